The van der Waals surface area contributed by atoms with E-state index in [-0.39, 0.29) is 16.1 Å². The van der Waals surface area contributed by atoms with Crippen LogP contribution in [0.2, 0.25) is 0 Å². The molecule has 0 aromatic heterocycles. The molecule has 104 valence electrons. The second-order valence-electron chi connectivity index (χ2n) is 5.73. The fraction of sp³-hybridized carbons (Fsp3) is 0.600. The first kappa shape index (κ1) is 14.0. The maximum atomic E-state index is 10.8. The zero-order chi connectivity index (χ0) is 13.7. The van der Waals surface area contributed by atoms with E-state index in [9.17, 15) is 10.1 Å². The normalized spacial score (nSPS) is 19.4. The van der Waals surface area contributed by atoms with Crippen LogP contribution in [-0.4, -0.2) is 10.5 Å². The third-order valence-corrected chi connectivity index (χ3v) is 4.03. The van der Waals surface area contributed by atoms with E-state index in [2.05, 4.69) is 0 Å². The molecule has 4 nitrogen and oxygen atoms in total. The van der Waals surface area contributed by atoms with E-state index in [1.807, 2.05) is 6.07 Å². The molecule has 0 aliphatic heterocycles. The molecule has 0 radical (unpaired) electrons. The third-order valence-electron chi connectivity index (χ3n) is 4.03. The van der Waals surface area contributed by atoms with Crippen molar-refractivity contribution in [3.63, 3.8) is 0 Å². The monoisotopic (exact) mass is 262 g/mol. The number of benzene rings is 1. The van der Waals surface area contributed by atoms with Gasteiger partial charge in [0.05, 0.1) is 4.92 Å². The number of hydrogen-bond acceptors (Lipinski definition) is 3. The van der Waals surface area contributed by atoms with Gasteiger partial charge in [0.1, 0.15) is 0 Å². The maximum absolute atomic E-state index is 10.8. The van der Waals surface area contributed by atoms with Crippen LogP contribution in [0, 0.1) is 10.1 Å². The van der Waals surface area contributed by atoms with Crippen LogP contribution in [0.25, 0.3) is 0 Å². The number of rotatable bonds is 3. The molecule has 0 saturated heterocycles. The largest absolute Gasteiger partial charge is 0.325 e. The molecule has 1 fully saturated rings. The van der Waals surface area contributed by atoms with Crippen molar-refractivity contribution < 1.29 is 4.92 Å². The molecule has 1 aliphatic rings. The van der Waals surface area contributed by atoms with Crippen molar-refractivity contribution in [1.82, 2.24) is 0 Å². The molecule has 0 unspecified atom stereocenters. The van der Waals surface area contributed by atoms with E-state index >= 15 is 0 Å². The van der Waals surface area contributed by atoms with Crippen molar-refractivity contribution in [3.05, 3.63) is 39.9 Å². The topological polar surface area (TPSA) is 69.2 Å². The smallest absolute Gasteiger partial charge is 0.269 e. The molecular weight excluding hydrogens is 240 g/mol. The highest BCUT2D eigenvalue weighted by molar-refractivity contribution is 5.35. The maximum Gasteiger partial charge on any atom is 0.269 e. The number of nitro groups is 1. The number of hydrogen-bond donors (Lipinski definition) is 1. The van der Waals surface area contributed by atoms with Gasteiger partial charge in [-0.05, 0) is 24.8 Å². The minimum Gasteiger partial charge on any atom is -0.325 e. The van der Waals surface area contributed by atoms with Crippen LogP contribution in [0.15, 0.2) is 24.3 Å². The molecule has 0 spiro atoms. The average molecular weight is 262 g/mol. The van der Waals surface area contributed by atoms with Crippen LogP contribution < -0.4 is 5.73 Å². The lowest BCUT2D eigenvalue weighted by molar-refractivity contribution is -0.384. The summed E-state index contributed by atoms with van der Waals surface area (Å²) in [5.74, 6) is 0. The summed E-state index contributed by atoms with van der Waals surface area (Å²) in [4.78, 5) is 10.5. The first-order chi connectivity index (χ1) is 9.09. The Morgan fingerprint density at radius 3 is 2.42 bits per heavy atom. The molecular formula is C15H22N2O2. The Bertz CT molecular complexity index is 438. The Morgan fingerprint density at radius 1 is 1.16 bits per heavy atom. The Kier molecular flexibility index (Phi) is 4.53. The molecule has 1 saturated carbocycles. The summed E-state index contributed by atoms with van der Waals surface area (Å²) < 4.78 is 0. The molecule has 19 heavy (non-hydrogen) atoms. The van der Waals surface area contributed by atoms with E-state index in [1.165, 1.54) is 38.2 Å². The first-order valence-corrected chi connectivity index (χ1v) is 7.11. The van der Waals surface area contributed by atoms with Crippen LogP contribution in [0.3, 0.4) is 0 Å². The molecule has 4 heteroatoms. The number of nitrogens with two attached hydrogens (primary N) is 1. The van der Waals surface area contributed by atoms with Crippen LogP contribution in [-0.2, 0) is 6.42 Å². The van der Waals surface area contributed by atoms with E-state index < -0.39 is 0 Å². The van der Waals surface area contributed by atoms with Gasteiger partial charge in [0.25, 0.3) is 5.69 Å². The van der Waals surface area contributed by atoms with Gasteiger partial charge in [-0.3, -0.25) is 10.1 Å². The van der Waals surface area contributed by atoms with Crippen molar-refractivity contribution in [2.45, 2.75) is 56.9 Å². The summed E-state index contributed by atoms with van der Waals surface area (Å²) in [7, 11) is 0. The standard InChI is InChI=1S/C15H22N2O2/c16-15(9-4-2-1-3-5-10-15)12-13-7-6-8-14(11-13)17(18)19/h6-8,11H,1-5,9-10,12,16H2. The second kappa shape index (κ2) is 6.15. The van der Waals surface area contributed by atoms with Crippen molar-refractivity contribution in [2.24, 2.45) is 5.73 Å². The Hall–Kier alpha value is -1.42. The van der Waals surface area contributed by atoms with Gasteiger partial charge in [-0.25, -0.2) is 0 Å². The fourth-order valence-corrected chi connectivity index (χ4v) is 2.97. The van der Waals surface area contributed by atoms with E-state index in [0.29, 0.717) is 0 Å². The van der Waals surface area contributed by atoms with Gasteiger partial charge in [-0.2, -0.15) is 0 Å². The highest BCUT2D eigenvalue weighted by atomic mass is 16.6. The van der Waals surface area contributed by atoms with Crippen molar-refractivity contribution in [3.8, 4) is 0 Å². The van der Waals surface area contributed by atoms with Crippen LogP contribution >= 0.6 is 0 Å². The van der Waals surface area contributed by atoms with Gasteiger partial charge in [-0.1, -0.05) is 44.2 Å². The van der Waals surface area contributed by atoms with Crippen molar-refractivity contribution in [2.75, 3.05) is 0 Å². The van der Waals surface area contributed by atoms with Gasteiger partial charge >= 0.3 is 0 Å². The minimum absolute atomic E-state index is 0.159. The van der Waals surface area contributed by atoms with E-state index in [1.54, 1.807) is 12.1 Å². The molecule has 2 N–H and O–H groups in total. The lowest BCUT2D eigenvalue weighted by Crippen LogP contribution is -2.42. The fourth-order valence-electron chi connectivity index (χ4n) is 2.97. The zero-order valence-electron chi connectivity index (χ0n) is 11.3. The zero-order valence-corrected chi connectivity index (χ0v) is 11.3. The Balaban J connectivity index is 2.09. The Labute approximate surface area is 114 Å². The molecule has 0 heterocycles. The second-order valence-corrected chi connectivity index (χ2v) is 5.73. The first-order valence-electron chi connectivity index (χ1n) is 7.11. The summed E-state index contributed by atoms with van der Waals surface area (Å²) in [5, 5.41) is 10.8. The van der Waals surface area contributed by atoms with E-state index in [4.69, 9.17) is 5.73 Å². The summed E-state index contributed by atoms with van der Waals surface area (Å²) in [6, 6.07) is 6.89. The highest BCUT2D eigenvalue weighted by Crippen LogP contribution is 2.28. The van der Waals surface area contributed by atoms with Gasteiger partial charge in [0, 0.05) is 17.7 Å². The van der Waals surface area contributed by atoms with Gasteiger partial charge in [0.2, 0.25) is 0 Å². The summed E-state index contributed by atoms with van der Waals surface area (Å²) in [6.45, 7) is 0. The lowest BCUT2D eigenvalue weighted by Gasteiger charge is -2.31. The van der Waals surface area contributed by atoms with E-state index in [0.717, 1.165) is 24.8 Å². The van der Waals surface area contributed by atoms with Gasteiger partial charge in [-0.15, -0.1) is 0 Å². The molecule has 2 rings (SSSR count). The molecule has 1 aromatic carbocycles. The summed E-state index contributed by atoms with van der Waals surface area (Å²) in [6.07, 6.45) is 8.96. The lowest BCUT2D eigenvalue weighted by atomic mass is 9.80. The van der Waals surface area contributed by atoms with Crippen molar-refractivity contribution >= 4 is 5.69 Å². The molecule has 1 aliphatic carbocycles. The molecule has 1 aromatic rings. The molecule has 0 bridgehead atoms. The SMILES string of the molecule is NC1(Cc2cccc([N+](=O)[O-])c2)CCCCCCC1. The van der Waals surface area contributed by atoms with Crippen molar-refractivity contribution in [1.29, 1.82) is 0 Å². The minimum atomic E-state index is -0.342. The Morgan fingerprint density at radius 2 is 1.79 bits per heavy atom. The van der Waals surface area contributed by atoms with Crippen LogP contribution in [0.1, 0.15) is 50.5 Å². The quantitative estimate of drug-likeness (QED) is 0.668. The highest BCUT2D eigenvalue weighted by Gasteiger charge is 2.26. The van der Waals surface area contributed by atoms with Gasteiger partial charge < -0.3 is 5.73 Å². The van der Waals surface area contributed by atoms with Gasteiger partial charge in [0.15, 0.2) is 0 Å². The predicted molar refractivity (Wildman–Crippen MR) is 76.0 cm³/mol. The summed E-state index contributed by atoms with van der Waals surface area (Å²) >= 11 is 0. The average Bonchev–Trinajstić information content (AvgIpc) is 2.35. The number of non-ortho nitro benzene ring substituents is 1. The van der Waals surface area contributed by atoms with Crippen LogP contribution in [0.4, 0.5) is 5.69 Å². The number of nitrogens with zero attached hydrogens (tertiary/aromatic N) is 1. The predicted octanol–water partition coefficient (Wildman–Crippen LogP) is 3.58. The summed E-state index contributed by atoms with van der Waals surface area (Å²) in [5.41, 5.74) is 7.47. The van der Waals surface area contributed by atoms with Crippen LogP contribution in [0.5, 0.6) is 0 Å². The molecule has 0 atom stereocenters. The molecule has 0 amide bonds. The number of nitro benzene ring substituents is 1. The third kappa shape index (κ3) is 4.03.